The lowest BCUT2D eigenvalue weighted by Crippen LogP contribution is -2.49. The number of fused-ring (bicyclic) bond motifs is 2. The van der Waals surface area contributed by atoms with E-state index in [2.05, 4.69) is 17.6 Å². The molecule has 0 aliphatic carbocycles. The standard InChI is InChI=1S/C37H52N4O6S/c1-5-6-7-8-9-16-35(44)48-21-11-10-15-32-22-33(42)38-23-29-13-12-14-30(39-29)25-41(24-28-17-19-31(46-4)20-18-28)26-34(43)40-36(27(2)3)37(45)47-32/h10,12-15,17-20,27,32,36H,5-9,11,16,21-26H2,1-4H3,(H,38,42)(H,40,43)/t32-,36+/m1/s1. The maximum atomic E-state index is 13.4. The van der Waals surface area contributed by atoms with Crippen LogP contribution < -0.4 is 15.4 Å². The van der Waals surface area contributed by atoms with Gasteiger partial charge in [-0.2, -0.15) is 0 Å². The quantitative estimate of drug-likeness (QED) is 0.146. The van der Waals surface area contributed by atoms with Gasteiger partial charge in [-0.1, -0.05) is 82.5 Å². The van der Waals surface area contributed by atoms with E-state index in [1.165, 1.54) is 24.6 Å². The molecule has 0 spiro atoms. The van der Waals surface area contributed by atoms with E-state index in [4.69, 9.17) is 14.5 Å². The fraction of sp³-hybridized carbons (Fsp3) is 0.541. The van der Waals surface area contributed by atoms with E-state index in [9.17, 15) is 19.2 Å². The summed E-state index contributed by atoms with van der Waals surface area (Å²) in [4.78, 5) is 58.8. The predicted octanol–water partition coefficient (Wildman–Crippen LogP) is 5.73. The Kier molecular flexibility index (Phi) is 17.2. The molecule has 1 aliphatic rings. The number of nitrogens with one attached hydrogen (secondary N) is 2. The average Bonchev–Trinajstić information content (AvgIpc) is 3.06. The van der Waals surface area contributed by atoms with Gasteiger partial charge in [0.15, 0.2) is 5.12 Å². The summed E-state index contributed by atoms with van der Waals surface area (Å²) in [6.07, 6.45) is 9.33. The molecule has 0 saturated carbocycles. The van der Waals surface area contributed by atoms with Crippen molar-refractivity contribution in [3.8, 4) is 5.75 Å². The molecule has 1 aromatic heterocycles. The van der Waals surface area contributed by atoms with Gasteiger partial charge in [0.1, 0.15) is 17.9 Å². The van der Waals surface area contributed by atoms with Gasteiger partial charge in [-0.05, 0) is 54.7 Å². The van der Waals surface area contributed by atoms with Gasteiger partial charge in [-0.25, -0.2) is 4.79 Å². The van der Waals surface area contributed by atoms with Gasteiger partial charge in [-0.3, -0.25) is 24.3 Å². The molecule has 10 nitrogen and oxygen atoms in total. The first-order valence-corrected chi connectivity index (χ1v) is 18.0. The first kappa shape index (κ1) is 38.7. The minimum Gasteiger partial charge on any atom is -0.497 e. The Morgan fingerprint density at radius 2 is 1.79 bits per heavy atom. The largest absolute Gasteiger partial charge is 0.497 e. The number of pyridine rings is 1. The number of cyclic esters (lactones) is 1. The number of allylic oxidation sites excluding steroid dienone is 1. The summed E-state index contributed by atoms with van der Waals surface area (Å²) >= 11 is 1.31. The predicted molar refractivity (Wildman–Crippen MR) is 189 cm³/mol. The summed E-state index contributed by atoms with van der Waals surface area (Å²) in [6.45, 7) is 6.94. The Morgan fingerprint density at radius 3 is 2.52 bits per heavy atom. The van der Waals surface area contributed by atoms with Crippen molar-refractivity contribution in [3.05, 3.63) is 71.6 Å². The van der Waals surface area contributed by atoms with E-state index in [1.807, 2.05) is 67.3 Å². The molecule has 262 valence electrons. The highest BCUT2D eigenvalue weighted by atomic mass is 32.2. The van der Waals surface area contributed by atoms with Crippen LogP contribution in [0.2, 0.25) is 0 Å². The third kappa shape index (κ3) is 14.6. The molecule has 2 N–H and O–H groups in total. The number of nitrogens with zero attached hydrogens (tertiary/aromatic N) is 2. The molecule has 2 aromatic rings. The number of hydrogen-bond donors (Lipinski definition) is 2. The Hall–Kier alpha value is -3.70. The van der Waals surface area contributed by atoms with E-state index < -0.39 is 18.1 Å². The molecule has 3 rings (SSSR count). The number of methoxy groups -OCH3 is 1. The lowest BCUT2D eigenvalue weighted by atomic mass is 10.0. The number of carbonyl (C=O) groups is 4. The normalized spacial score (nSPS) is 18.4. The molecule has 1 aromatic carbocycles. The molecule has 1 aliphatic heterocycles. The zero-order chi connectivity index (χ0) is 34.7. The van der Waals surface area contributed by atoms with Gasteiger partial charge in [0.05, 0.1) is 38.0 Å². The van der Waals surface area contributed by atoms with Gasteiger partial charge < -0.3 is 20.1 Å². The summed E-state index contributed by atoms with van der Waals surface area (Å²) in [5.41, 5.74) is 2.42. The van der Waals surface area contributed by atoms with Crippen molar-refractivity contribution in [1.29, 1.82) is 0 Å². The van der Waals surface area contributed by atoms with Gasteiger partial charge in [-0.15, -0.1) is 0 Å². The van der Waals surface area contributed by atoms with E-state index in [1.54, 1.807) is 13.2 Å². The highest BCUT2D eigenvalue weighted by Gasteiger charge is 2.29. The summed E-state index contributed by atoms with van der Waals surface area (Å²) in [5.74, 6) is -0.123. The van der Waals surface area contributed by atoms with Crippen molar-refractivity contribution in [2.45, 2.75) is 104 Å². The first-order valence-electron chi connectivity index (χ1n) is 17.1. The van der Waals surface area contributed by atoms with Crippen LogP contribution in [0.3, 0.4) is 0 Å². The summed E-state index contributed by atoms with van der Waals surface area (Å²) in [7, 11) is 1.61. The Labute approximate surface area is 289 Å². The third-order valence-electron chi connectivity index (χ3n) is 7.92. The average molecular weight is 681 g/mol. The summed E-state index contributed by atoms with van der Waals surface area (Å²) in [5, 5.41) is 5.96. The molecule has 2 amide bonds. The minimum atomic E-state index is -0.904. The topological polar surface area (TPSA) is 127 Å². The van der Waals surface area contributed by atoms with E-state index in [0.717, 1.165) is 36.3 Å². The molecular formula is C37H52N4O6S. The van der Waals surface area contributed by atoms with Gasteiger partial charge in [0.2, 0.25) is 11.8 Å². The lowest BCUT2D eigenvalue weighted by molar-refractivity contribution is -0.153. The highest BCUT2D eigenvalue weighted by molar-refractivity contribution is 8.13. The van der Waals surface area contributed by atoms with E-state index >= 15 is 0 Å². The third-order valence-corrected chi connectivity index (χ3v) is 8.89. The van der Waals surface area contributed by atoms with Crippen LogP contribution in [0, 0.1) is 5.92 Å². The Bertz CT molecular complexity index is 1350. The molecule has 2 atom stereocenters. The van der Waals surface area contributed by atoms with E-state index in [0.29, 0.717) is 37.4 Å². The number of hydrogen-bond acceptors (Lipinski definition) is 9. The zero-order valence-corrected chi connectivity index (χ0v) is 29.7. The summed E-state index contributed by atoms with van der Waals surface area (Å²) < 4.78 is 11.1. The van der Waals surface area contributed by atoms with Gasteiger partial charge >= 0.3 is 5.97 Å². The monoisotopic (exact) mass is 680 g/mol. The van der Waals surface area contributed by atoms with Crippen molar-refractivity contribution >= 4 is 34.7 Å². The van der Waals surface area contributed by atoms with Crippen LogP contribution in [0.1, 0.15) is 89.1 Å². The fourth-order valence-electron chi connectivity index (χ4n) is 5.27. The molecule has 0 saturated heterocycles. The van der Waals surface area contributed by atoms with Crippen LogP contribution >= 0.6 is 11.8 Å². The van der Waals surface area contributed by atoms with Crippen molar-refractivity contribution in [1.82, 2.24) is 20.5 Å². The molecule has 0 fully saturated rings. The second kappa shape index (κ2) is 21.3. The molecular weight excluding hydrogens is 628 g/mol. The minimum absolute atomic E-state index is 0.0314. The SMILES string of the molecule is CCCCCCCC(=O)SCCC=C[C@@H]1CC(=O)NCc2cccc(n2)CN(Cc2ccc(OC)cc2)CC(=O)N[C@@H](C(C)C)C(=O)O1. The van der Waals surface area contributed by atoms with Crippen molar-refractivity contribution in [3.63, 3.8) is 0 Å². The Morgan fingerprint density at radius 1 is 1.04 bits per heavy atom. The number of unbranched alkanes of at least 4 members (excludes halogenated alkanes) is 4. The number of esters is 1. The van der Waals surface area contributed by atoms with Crippen LogP contribution in [-0.2, 0) is 43.5 Å². The fourth-order valence-corrected chi connectivity index (χ4v) is 6.04. The molecule has 2 bridgehead atoms. The number of benzene rings is 1. The maximum absolute atomic E-state index is 13.4. The highest BCUT2D eigenvalue weighted by Crippen LogP contribution is 2.17. The Balaban J connectivity index is 1.71. The molecule has 2 heterocycles. The molecule has 48 heavy (non-hydrogen) atoms. The number of thioether (sulfide) groups is 1. The molecule has 0 unspecified atom stereocenters. The maximum Gasteiger partial charge on any atom is 0.329 e. The molecule has 0 radical (unpaired) electrons. The number of aromatic nitrogens is 1. The van der Waals surface area contributed by atoms with Crippen LogP contribution in [0.15, 0.2) is 54.6 Å². The number of amides is 2. The zero-order valence-electron chi connectivity index (χ0n) is 28.9. The van der Waals surface area contributed by atoms with E-state index in [-0.39, 0.29) is 42.4 Å². The van der Waals surface area contributed by atoms with Crippen LogP contribution in [0.5, 0.6) is 5.75 Å². The van der Waals surface area contributed by atoms with Crippen LogP contribution in [-0.4, -0.2) is 64.3 Å². The van der Waals surface area contributed by atoms with Crippen LogP contribution in [0.25, 0.3) is 0 Å². The van der Waals surface area contributed by atoms with Crippen molar-refractivity contribution in [2.75, 3.05) is 19.4 Å². The van der Waals surface area contributed by atoms with Crippen molar-refractivity contribution < 1.29 is 28.7 Å². The second-order valence-electron chi connectivity index (χ2n) is 12.5. The lowest BCUT2D eigenvalue weighted by Gasteiger charge is -2.26. The number of rotatable bonds is 14. The van der Waals surface area contributed by atoms with Gasteiger partial charge in [0, 0.05) is 25.3 Å². The molecule has 11 heteroatoms. The smallest absolute Gasteiger partial charge is 0.329 e. The van der Waals surface area contributed by atoms with Gasteiger partial charge in [0.25, 0.3) is 0 Å². The number of carbonyl (C=O) groups excluding carboxylic acids is 4. The van der Waals surface area contributed by atoms with Crippen LogP contribution in [0.4, 0.5) is 0 Å². The summed E-state index contributed by atoms with van der Waals surface area (Å²) in [6, 6.07) is 12.3. The first-order chi connectivity index (χ1) is 23.2. The second-order valence-corrected chi connectivity index (χ2v) is 13.6. The number of ether oxygens (including phenoxy) is 2. The van der Waals surface area contributed by atoms with Crippen molar-refractivity contribution in [2.24, 2.45) is 5.92 Å².